The van der Waals surface area contributed by atoms with Gasteiger partial charge in [-0.25, -0.2) is 4.79 Å². The van der Waals surface area contributed by atoms with Crippen LogP contribution in [0.15, 0.2) is 21.1 Å². The predicted molar refractivity (Wildman–Crippen MR) is 79.4 cm³/mol. The van der Waals surface area contributed by atoms with Crippen molar-refractivity contribution >= 4 is 10.1 Å². The Balaban J connectivity index is 2.24. The molecule has 24 heavy (non-hydrogen) atoms. The van der Waals surface area contributed by atoms with Gasteiger partial charge in [0.25, 0.3) is 15.7 Å². The maximum absolute atomic E-state index is 11.9. The zero-order valence-corrected chi connectivity index (χ0v) is 13.6. The molecule has 0 amide bonds. The summed E-state index contributed by atoms with van der Waals surface area (Å²) in [6, 6.07) is 0. The molecule has 0 aromatic carbocycles. The first-order valence-electron chi connectivity index (χ1n) is 6.73. The summed E-state index contributed by atoms with van der Waals surface area (Å²) in [5.41, 5.74) is 7.42. The molecule has 1 unspecified atom stereocenters. The van der Waals surface area contributed by atoms with E-state index in [4.69, 9.17) is 15.1 Å². The highest BCUT2D eigenvalue weighted by molar-refractivity contribution is 7.85. The summed E-state index contributed by atoms with van der Waals surface area (Å²) in [7, 11) is -3.71. The minimum absolute atomic E-state index is 0.0855. The van der Waals surface area contributed by atoms with Gasteiger partial charge in [-0.2, -0.15) is 8.42 Å². The topological polar surface area (TPSA) is 165 Å². The van der Waals surface area contributed by atoms with Gasteiger partial charge in [0.05, 0.1) is 12.9 Å². The highest BCUT2D eigenvalue weighted by Crippen LogP contribution is 2.30. The van der Waals surface area contributed by atoms with Gasteiger partial charge in [0.2, 0.25) is 0 Å². The molecule has 132 valence electrons. The zero-order valence-electron chi connectivity index (χ0n) is 12.8. The number of hydrogen-bond donors (Lipinski definition) is 1. The molecule has 13 heteroatoms. The van der Waals surface area contributed by atoms with E-state index in [2.05, 4.69) is 19.4 Å². The molecule has 1 saturated heterocycles. The van der Waals surface area contributed by atoms with E-state index in [9.17, 15) is 18.0 Å². The van der Waals surface area contributed by atoms with Crippen LogP contribution in [0.2, 0.25) is 0 Å². The molecule has 1 aromatic rings. The second-order valence-electron chi connectivity index (χ2n) is 5.15. The van der Waals surface area contributed by atoms with Crippen LogP contribution in [-0.4, -0.2) is 43.0 Å². The average Bonchev–Trinajstić information content (AvgIpc) is 2.89. The van der Waals surface area contributed by atoms with E-state index >= 15 is 0 Å². The third-order valence-corrected chi connectivity index (χ3v) is 3.87. The van der Waals surface area contributed by atoms with Gasteiger partial charge in [0.15, 0.2) is 0 Å². The van der Waals surface area contributed by atoms with E-state index in [-0.39, 0.29) is 13.0 Å². The SMILES string of the molecule is Cc1cn([C@H]2CC(ON=[N+]=[N-])[C@@H](COS(C)(=O)=O)O2)c(=O)[nH]c1=O. The number of azide groups is 1. The molecule has 3 atom stereocenters. The van der Waals surface area contributed by atoms with Crippen LogP contribution in [0.25, 0.3) is 10.4 Å². The van der Waals surface area contributed by atoms with Crippen LogP contribution in [0.1, 0.15) is 18.2 Å². The fraction of sp³-hybridized carbons (Fsp3) is 0.636. The van der Waals surface area contributed by atoms with Gasteiger partial charge in [-0.15, -0.1) is 0 Å². The third-order valence-electron chi connectivity index (χ3n) is 3.30. The second-order valence-corrected chi connectivity index (χ2v) is 6.79. The molecule has 0 spiro atoms. The Kier molecular flexibility index (Phi) is 5.29. The Labute approximate surface area is 135 Å². The van der Waals surface area contributed by atoms with Gasteiger partial charge in [0.1, 0.15) is 23.7 Å². The smallest absolute Gasteiger partial charge is 0.330 e. The van der Waals surface area contributed by atoms with Crippen molar-refractivity contribution in [1.82, 2.24) is 9.55 Å². The molecule has 1 aliphatic rings. The van der Waals surface area contributed by atoms with E-state index in [1.807, 2.05) is 0 Å². The van der Waals surface area contributed by atoms with Crippen LogP contribution in [0.3, 0.4) is 0 Å². The molecular formula is C11H15N5O7S. The summed E-state index contributed by atoms with van der Waals surface area (Å²) in [6.45, 7) is 1.14. The summed E-state index contributed by atoms with van der Waals surface area (Å²) < 4.78 is 33.6. The minimum atomic E-state index is -3.71. The summed E-state index contributed by atoms with van der Waals surface area (Å²) in [4.78, 5) is 32.8. The molecular weight excluding hydrogens is 346 g/mol. The van der Waals surface area contributed by atoms with Crippen molar-refractivity contribution in [2.24, 2.45) is 5.28 Å². The molecule has 0 aliphatic carbocycles. The van der Waals surface area contributed by atoms with E-state index < -0.39 is 39.8 Å². The van der Waals surface area contributed by atoms with Crippen LogP contribution in [0.5, 0.6) is 0 Å². The molecule has 0 radical (unpaired) electrons. The number of nitrogens with one attached hydrogen (secondary N) is 1. The van der Waals surface area contributed by atoms with E-state index in [0.29, 0.717) is 5.56 Å². The second kappa shape index (κ2) is 7.05. The van der Waals surface area contributed by atoms with Crippen LogP contribution < -0.4 is 11.2 Å². The van der Waals surface area contributed by atoms with Crippen LogP contribution in [0, 0.1) is 6.92 Å². The highest BCUT2D eigenvalue weighted by atomic mass is 32.2. The average molecular weight is 361 g/mol. The lowest BCUT2D eigenvalue weighted by Crippen LogP contribution is -2.33. The van der Waals surface area contributed by atoms with Gasteiger partial charge < -0.3 is 9.57 Å². The van der Waals surface area contributed by atoms with Crippen molar-refractivity contribution in [2.75, 3.05) is 12.9 Å². The first kappa shape index (κ1) is 18.0. The maximum atomic E-state index is 11.9. The first-order valence-corrected chi connectivity index (χ1v) is 8.55. The van der Waals surface area contributed by atoms with Gasteiger partial charge in [-0.05, 0) is 12.5 Å². The summed E-state index contributed by atoms with van der Waals surface area (Å²) in [6.07, 6.45) is -0.294. The maximum Gasteiger partial charge on any atom is 0.330 e. The Morgan fingerprint density at radius 3 is 2.88 bits per heavy atom. The summed E-state index contributed by atoms with van der Waals surface area (Å²) in [5, 5.41) is 2.98. The van der Waals surface area contributed by atoms with Gasteiger partial charge in [0, 0.05) is 23.1 Å². The largest absolute Gasteiger partial charge is 0.427 e. The highest BCUT2D eigenvalue weighted by Gasteiger charge is 2.39. The number of aromatic amines is 1. The van der Waals surface area contributed by atoms with E-state index in [1.54, 1.807) is 0 Å². The number of H-pyrrole nitrogens is 1. The lowest BCUT2D eigenvalue weighted by atomic mass is 10.2. The van der Waals surface area contributed by atoms with Gasteiger partial charge in [-0.3, -0.25) is 18.5 Å². The lowest BCUT2D eigenvalue weighted by molar-refractivity contribution is -0.0571. The van der Waals surface area contributed by atoms with E-state index in [1.165, 1.54) is 13.1 Å². The molecule has 2 heterocycles. The molecule has 0 saturated carbocycles. The first-order chi connectivity index (χ1) is 11.2. The fourth-order valence-electron chi connectivity index (χ4n) is 2.20. The zero-order chi connectivity index (χ0) is 17.9. The number of nitrogens with zero attached hydrogens (tertiary/aromatic N) is 4. The Bertz CT molecular complexity index is 869. The van der Waals surface area contributed by atoms with Crippen LogP contribution in [0.4, 0.5) is 0 Å². The third kappa shape index (κ3) is 4.35. The van der Waals surface area contributed by atoms with Gasteiger partial charge in [-0.1, -0.05) is 0 Å². The molecule has 1 aliphatic heterocycles. The van der Waals surface area contributed by atoms with Crippen molar-refractivity contribution in [3.63, 3.8) is 0 Å². The number of hydrogen-bond acceptors (Lipinski definition) is 8. The standard InChI is InChI=1S/C11H15N5O7S/c1-6-4-16(11(18)13-10(6)17)9-3-7(23-15-14-12)8(22-9)5-21-24(2,19)20/h4,7-9H,3,5H2,1-2H3,(H,13,17,18)/t7?,8-,9-/m1/s1. The van der Waals surface area contributed by atoms with Crippen molar-refractivity contribution in [3.05, 3.63) is 43.0 Å². The Morgan fingerprint density at radius 2 is 2.25 bits per heavy atom. The lowest BCUT2D eigenvalue weighted by Gasteiger charge is -2.16. The van der Waals surface area contributed by atoms with Crippen molar-refractivity contribution in [3.8, 4) is 0 Å². The minimum Gasteiger partial charge on any atom is -0.427 e. The van der Waals surface area contributed by atoms with Crippen molar-refractivity contribution in [2.45, 2.75) is 31.8 Å². The Morgan fingerprint density at radius 1 is 1.54 bits per heavy atom. The molecule has 12 nitrogen and oxygen atoms in total. The molecule has 1 aromatic heterocycles. The van der Waals surface area contributed by atoms with Crippen LogP contribution >= 0.6 is 0 Å². The summed E-state index contributed by atoms with van der Waals surface area (Å²) >= 11 is 0. The molecule has 1 fully saturated rings. The molecule has 1 N–H and O–H groups in total. The number of rotatable bonds is 6. The Hall–Kier alpha value is -2.34. The molecule has 2 rings (SSSR count). The normalized spacial score (nSPS) is 23.7. The fourth-order valence-corrected chi connectivity index (χ4v) is 2.59. The van der Waals surface area contributed by atoms with Crippen LogP contribution in [-0.2, 0) is 23.9 Å². The number of aryl methyl sites for hydroxylation is 1. The summed E-state index contributed by atoms with van der Waals surface area (Å²) in [5.74, 6) is 0. The van der Waals surface area contributed by atoms with Gasteiger partial charge >= 0.3 is 5.69 Å². The number of ether oxygens (including phenoxy) is 1. The van der Waals surface area contributed by atoms with Crippen molar-refractivity contribution < 1.29 is 22.2 Å². The predicted octanol–water partition coefficient (Wildman–Crippen LogP) is -0.281. The van der Waals surface area contributed by atoms with E-state index in [0.717, 1.165) is 10.8 Å². The quantitative estimate of drug-likeness (QED) is 0.239. The van der Waals surface area contributed by atoms with Crippen molar-refractivity contribution in [1.29, 1.82) is 0 Å². The monoisotopic (exact) mass is 361 g/mol. The molecule has 0 bridgehead atoms. The number of aromatic nitrogens is 2.